The third kappa shape index (κ3) is 4.50. The number of pyridine rings is 1. The van der Waals surface area contributed by atoms with Gasteiger partial charge in [0.15, 0.2) is 6.29 Å². The summed E-state index contributed by atoms with van der Waals surface area (Å²) in [6.07, 6.45) is 4.75. The Morgan fingerprint density at radius 3 is 2.81 bits per heavy atom. The van der Waals surface area contributed by atoms with Crippen LogP contribution in [-0.2, 0) is 11.3 Å². The molecule has 4 nitrogen and oxygen atoms in total. The third-order valence-electron chi connectivity index (χ3n) is 4.62. The Morgan fingerprint density at radius 1 is 1.44 bits per heavy atom. The first-order valence-electron chi connectivity index (χ1n) is 8.58. The number of allylic oxidation sites excluding steroid dienone is 2. The van der Waals surface area contributed by atoms with Crippen molar-refractivity contribution in [2.75, 3.05) is 6.54 Å². The van der Waals surface area contributed by atoms with Crippen LogP contribution >= 0.6 is 23.2 Å². The monoisotopic (exact) mass is 413 g/mol. The van der Waals surface area contributed by atoms with Crippen molar-refractivity contribution in [2.24, 2.45) is 0 Å². The minimum absolute atomic E-state index is 0.00369. The van der Waals surface area contributed by atoms with Crippen LogP contribution in [0.15, 0.2) is 40.7 Å². The molecule has 1 fully saturated rings. The van der Waals surface area contributed by atoms with Gasteiger partial charge in [-0.3, -0.25) is 4.79 Å². The van der Waals surface area contributed by atoms with Gasteiger partial charge in [0.25, 0.3) is 6.43 Å². The van der Waals surface area contributed by atoms with Crippen molar-refractivity contribution in [3.05, 3.63) is 57.0 Å². The van der Waals surface area contributed by atoms with Crippen molar-refractivity contribution in [1.82, 2.24) is 15.2 Å². The number of rotatable bonds is 7. The molecule has 1 aliphatic heterocycles. The first-order valence-corrected chi connectivity index (χ1v) is 9.34. The van der Waals surface area contributed by atoms with Crippen LogP contribution in [0.4, 0.5) is 8.78 Å². The number of fused-ring (bicyclic) bond motifs is 1. The molecule has 1 aromatic heterocycles. The second-order valence-electron chi connectivity index (χ2n) is 6.47. The number of carbonyl (C=O) groups is 1. The SMILES string of the molecule is CC(C(C=C(Cl)C=O)=CNCC(F)F)N1Cc2c(ccnc2Cl)C1=C1CC1. The summed E-state index contributed by atoms with van der Waals surface area (Å²) in [6.45, 7) is 2.02. The van der Waals surface area contributed by atoms with Crippen molar-refractivity contribution >= 4 is 35.2 Å². The van der Waals surface area contributed by atoms with Gasteiger partial charge in [-0.1, -0.05) is 23.2 Å². The van der Waals surface area contributed by atoms with Crippen LogP contribution in [0, 0.1) is 0 Å². The van der Waals surface area contributed by atoms with Gasteiger partial charge in [-0.15, -0.1) is 0 Å². The van der Waals surface area contributed by atoms with E-state index >= 15 is 0 Å². The summed E-state index contributed by atoms with van der Waals surface area (Å²) in [5.74, 6) is 0. The molecule has 0 aromatic carbocycles. The lowest BCUT2D eigenvalue weighted by atomic mass is 10.1. The maximum Gasteiger partial charge on any atom is 0.255 e. The summed E-state index contributed by atoms with van der Waals surface area (Å²) in [5.41, 5.74) is 5.07. The Labute approximate surface area is 166 Å². The molecule has 0 spiro atoms. The van der Waals surface area contributed by atoms with Gasteiger partial charge in [-0.25, -0.2) is 13.8 Å². The first-order chi connectivity index (χ1) is 12.9. The smallest absolute Gasteiger partial charge is 0.255 e. The molecule has 0 amide bonds. The molecule has 1 unspecified atom stereocenters. The molecule has 1 aromatic rings. The second-order valence-corrected chi connectivity index (χ2v) is 7.27. The summed E-state index contributed by atoms with van der Waals surface area (Å²) >= 11 is 12.2. The standard InChI is InChI=1S/C19H19Cl2F2N3O/c1-11(13(6-14(20)10-27)7-24-8-17(22)23)26-9-16-15(4-5-25-19(16)21)18(26)12-2-3-12/h4-7,10-11,17,24H,2-3,8-9H2,1H3. The van der Waals surface area contributed by atoms with Crippen LogP contribution in [0.5, 0.6) is 0 Å². The summed E-state index contributed by atoms with van der Waals surface area (Å²) < 4.78 is 25.0. The number of aldehydes is 1. The van der Waals surface area contributed by atoms with E-state index in [4.69, 9.17) is 23.2 Å². The fourth-order valence-corrected chi connectivity index (χ4v) is 3.53. The Hall–Kier alpha value is -1.92. The fourth-order valence-electron chi connectivity index (χ4n) is 3.19. The van der Waals surface area contributed by atoms with Crippen molar-refractivity contribution in [3.8, 4) is 0 Å². The highest BCUT2D eigenvalue weighted by molar-refractivity contribution is 6.38. The Bertz CT molecular complexity index is 830. The zero-order valence-corrected chi connectivity index (χ0v) is 16.2. The molecule has 1 saturated carbocycles. The van der Waals surface area contributed by atoms with Crippen LogP contribution in [0.1, 0.15) is 30.9 Å². The van der Waals surface area contributed by atoms with E-state index in [2.05, 4.69) is 15.2 Å². The van der Waals surface area contributed by atoms with Gasteiger partial charge in [-0.2, -0.15) is 0 Å². The quantitative estimate of drug-likeness (QED) is 0.309. The summed E-state index contributed by atoms with van der Waals surface area (Å²) in [7, 11) is 0. The molecule has 2 aliphatic rings. The minimum Gasteiger partial charge on any atom is -0.385 e. The average Bonchev–Trinajstić information content (AvgIpc) is 3.39. The Kier molecular flexibility index (Phi) is 6.17. The molecule has 8 heteroatoms. The summed E-state index contributed by atoms with van der Waals surface area (Å²) in [4.78, 5) is 17.3. The minimum atomic E-state index is -2.48. The highest BCUT2D eigenvalue weighted by Crippen LogP contribution is 2.46. The van der Waals surface area contributed by atoms with E-state index < -0.39 is 13.0 Å². The zero-order chi connectivity index (χ0) is 19.6. The number of nitrogens with zero attached hydrogens (tertiary/aromatic N) is 2. The number of halogens is 4. The molecular formula is C19H19Cl2F2N3O. The number of nitrogens with one attached hydrogen (secondary N) is 1. The summed E-state index contributed by atoms with van der Waals surface area (Å²) in [5, 5.41) is 3.06. The van der Waals surface area contributed by atoms with Crippen LogP contribution < -0.4 is 5.32 Å². The lowest BCUT2D eigenvalue weighted by molar-refractivity contribution is -0.104. The van der Waals surface area contributed by atoms with Gasteiger partial charge in [0.05, 0.1) is 17.6 Å². The van der Waals surface area contributed by atoms with Gasteiger partial charge < -0.3 is 10.2 Å². The molecule has 2 heterocycles. The van der Waals surface area contributed by atoms with Crippen LogP contribution in [0.25, 0.3) is 5.70 Å². The molecule has 1 atom stereocenters. The lowest BCUT2D eigenvalue weighted by Crippen LogP contribution is -2.30. The Balaban J connectivity index is 1.94. The lowest BCUT2D eigenvalue weighted by Gasteiger charge is -2.29. The Morgan fingerprint density at radius 2 is 2.19 bits per heavy atom. The number of alkyl halides is 2. The van der Waals surface area contributed by atoms with E-state index in [-0.39, 0.29) is 11.1 Å². The molecular weight excluding hydrogens is 395 g/mol. The van der Waals surface area contributed by atoms with Gasteiger partial charge in [0.1, 0.15) is 5.15 Å². The predicted molar refractivity (Wildman–Crippen MR) is 102 cm³/mol. The van der Waals surface area contributed by atoms with Gasteiger partial charge in [0, 0.05) is 35.8 Å². The molecule has 3 rings (SSSR count). The van der Waals surface area contributed by atoms with E-state index in [0.717, 1.165) is 29.7 Å². The molecule has 0 radical (unpaired) electrons. The van der Waals surface area contributed by atoms with Crippen molar-refractivity contribution in [3.63, 3.8) is 0 Å². The first kappa shape index (κ1) is 19.8. The van der Waals surface area contributed by atoms with Crippen molar-refractivity contribution in [2.45, 2.75) is 38.8 Å². The molecule has 1 aliphatic carbocycles. The van der Waals surface area contributed by atoms with E-state index in [1.807, 2.05) is 13.0 Å². The molecule has 0 saturated heterocycles. The molecule has 1 N–H and O–H groups in total. The average molecular weight is 414 g/mol. The van der Waals surface area contributed by atoms with E-state index in [1.54, 1.807) is 6.20 Å². The topological polar surface area (TPSA) is 45.2 Å². The van der Waals surface area contributed by atoms with Crippen LogP contribution in [0.2, 0.25) is 5.15 Å². The maximum atomic E-state index is 12.5. The van der Waals surface area contributed by atoms with Crippen molar-refractivity contribution < 1.29 is 13.6 Å². The van der Waals surface area contributed by atoms with Crippen LogP contribution in [-0.4, -0.2) is 35.2 Å². The maximum absolute atomic E-state index is 12.5. The van der Waals surface area contributed by atoms with Gasteiger partial charge >= 0.3 is 0 Å². The molecule has 0 bridgehead atoms. The number of aromatic nitrogens is 1. The van der Waals surface area contributed by atoms with E-state index in [1.165, 1.54) is 17.8 Å². The van der Waals surface area contributed by atoms with Crippen LogP contribution in [0.3, 0.4) is 0 Å². The third-order valence-corrected chi connectivity index (χ3v) is 5.14. The predicted octanol–water partition coefficient (Wildman–Crippen LogP) is 4.50. The molecule has 144 valence electrons. The van der Waals surface area contributed by atoms with Gasteiger partial charge in [-0.05, 0) is 43.1 Å². The van der Waals surface area contributed by atoms with Gasteiger partial charge in [0.2, 0.25) is 0 Å². The zero-order valence-electron chi connectivity index (χ0n) is 14.7. The largest absolute Gasteiger partial charge is 0.385 e. The van der Waals surface area contributed by atoms with Crippen molar-refractivity contribution in [1.29, 1.82) is 0 Å². The normalized spacial score (nSPS) is 18.1. The molecule has 27 heavy (non-hydrogen) atoms. The second kappa shape index (κ2) is 8.40. The number of hydrogen-bond donors (Lipinski definition) is 1. The fraction of sp³-hybridized carbons (Fsp3) is 0.368. The highest BCUT2D eigenvalue weighted by atomic mass is 35.5. The highest BCUT2D eigenvalue weighted by Gasteiger charge is 2.35. The van der Waals surface area contributed by atoms with E-state index in [0.29, 0.717) is 23.6 Å². The number of carbonyl (C=O) groups excluding carboxylic acids is 1. The van der Waals surface area contributed by atoms with E-state index in [9.17, 15) is 13.6 Å². The number of hydrogen-bond acceptors (Lipinski definition) is 4. The summed E-state index contributed by atoms with van der Waals surface area (Å²) in [6, 6.07) is 1.73.